The van der Waals surface area contributed by atoms with Crippen molar-refractivity contribution in [2.75, 3.05) is 13.2 Å². The van der Waals surface area contributed by atoms with E-state index >= 15 is 0 Å². The summed E-state index contributed by atoms with van der Waals surface area (Å²) in [6, 6.07) is 9.18. The highest BCUT2D eigenvalue weighted by Gasteiger charge is 2.30. The number of ether oxygens (including phenoxy) is 2. The lowest BCUT2D eigenvalue weighted by Crippen LogP contribution is -2.15. The van der Waals surface area contributed by atoms with Crippen LogP contribution in [0.1, 0.15) is 16.8 Å². The molecule has 7 heteroatoms. The van der Waals surface area contributed by atoms with Crippen molar-refractivity contribution < 1.29 is 22.6 Å². The van der Waals surface area contributed by atoms with Gasteiger partial charge in [-0.15, -0.1) is 0 Å². The Morgan fingerprint density at radius 2 is 1.88 bits per heavy atom. The number of aromatic nitrogens is 1. The Kier molecular flexibility index (Phi) is 4.13. The van der Waals surface area contributed by atoms with Gasteiger partial charge in [-0.25, -0.2) is 0 Å². The van der Waals surface area contributed by atoms with Crippen molar-refractivity contribution in [1.29, 1.82) is 5.26 Å². The molecule has 0 fully saturated rings. The first-order valence-corrected chi connectivity index (χ1v) is 7.02. The summed E-state index contributed by atoms with van der Waals surface area (Å²) in [4.78, 5) is 3.73. The molecule has 2 aromatic rings. The molecule has 1 aromatic heterocycles. The summed E-state index contributed by atoms with van der Waals surface area (Å²) < 4.78 is 48.6. The van der Waals surface area contributed by atoms with E-state index in [0.717, 1.165) is 6.07 Å². The SMILES string of the molecule is N#CC(=Cc1ccc2c(c1)OCCO2)c1ccc(C(F)(F)F)cn1. The zero-order valence-corrected chi connectivity index (χ0v) is 12.3. The Balaban J connectivity index is 1.91. The van der Waals surface area contributed by atoms with E-state index in [4.69, 9.17) is 9.47 Å². The molecule has 0 unspecified atom stereocenters. The van der Waals surface area contributed by atoms with Crippen LogP contribution in [0.5, 0.6) is 11.5 Å². The van der Waals surface area contributed by atoms with Gasteiger partial charge in [0.1, 0.15) is 19.3 Å². The van der Waals surface area contributed by atoms with Crippen molar-refractivity contribution in [3.8, 4) is 17.6 Å². The number of fused-ring (bicyclic) bond motifs is 1. The van der Waals surface area contributed by atoms with Gasteiger partial charge in [0.15, 0.2) is 11.5 Å². The van der Waals surface area contributed by atoms with E-state index in [1.165, 1.54) is 12.1 Å². The van der Waals surface area contributed by atoms with Crippen LogP contribution in [0, 0.1) is 11.3 Å². The Hall–Kier alpha value is -3.01. The summed E-state index contributed by atoms with van der Waals surface area (Å²) in [7, 11) is 0. The van der Waals surface area contributed by atoms with E-state index in [2.05, 4.69) is 4.98 Å². The Labute approximate surface area is 135 Å². The average molecular weight is 332 g/mol. The molecule has 1 aromatic carbocycles. The Morgan fingerprint density at radius 3 is 2.50 bits per heavy atom. The summed E-state index contributed by atoms with van der Waals surface area (Å²) in [6.45, 7) is 0.910. The minimum atomic E-state index is -4.46. The largest absolute Gasteiger partial charge is 0.486 e. The van der Waals surface area contributed by atoms with Crippen LogP contribution in [0.3, 0.4) is 0 Å². The molecule has 0 saturated heterocycles. The fraction of sp³-hybridized carbons (Fsp3) is 0.176. The van der Waals surface area contributed by atoms with Gasteiger partial charge in [-0.1, -0.05) is 6.07 Å². The van der Waals surface area contributed by atoms with Crippen LogP contribution < -0.4 is 9.47 Å². The number of nitrogens with zero attached hydrogens (tertiary/aromatic N) is 2. The molecule has 0 aliphatic carbocycles. The third-order valence-electron chi connectivity index (χ3n) is 3.36. The second-order valence-electron chi connectivity index (χ2n) is 5.00. The standard InChI is InChI=1S/C17H11F3N2O2/c18-17(19,20)13-2-3-14(22-10-13)12(9-21)7-11-1-4-15-16(8-11)24-6-5-23-15/h1-4,7-8,10H,5-6H2. The van der Waals surface area contributed by atoms with Gasteiger partial charge in [0, 0.05) is 6.20 Å². The third kappa shape index (κ3) is 3.33. The maximum Gasteiger partial charge on any atom is 0.417 e. The zero-order valence-electron chi connectivity index (χ0n) is 12.3. The van der Waals surface area contributed by atoms with Gasteiger partial charge in [-0.2, -0.15) is 18.4 Å². The van der Waals surface area contributed by atoms with Gasteiger partial charge in [0.25, 0.3) is 0 Å². The van der Waals surface area contributed by atoms with E-state index in [1.54, 1.807) is 18.2 Å². The van der Waals surface area contributed by atoms with Crippen LogP contribution in [-0.4, -0.2) is 18.2 Å². The maximum atomic E-state index is 12.6. The van der Waals surface area contributed by atoms with Crippen LogP contribution in [0.15, 0.2) is 36.5 Å². The lowest BCUT2D eigenvalue weighted by Gasteiger charge is -2.18. The van der Waals surface area contributed by atoms with Crippen molar-refractivity contribution in [1.82, 2.24) is 4.98 Å². The quantitative estimate of drug-likeness (QED) is 0.782. The first-order valence-electron chi connectivity index (χ1n) is 7.02. The van der Waals surface area contributed by atoms with Gasteiger partial charge in [-0.3, -0.25) is 4.98 Å². The van der Waals surface area contributed by atoms with Crippen molar-refractivity contribution >= 4 is 11.6 Å². The molecule has 0 bridgehead atoms. The molecule has 122 valence electrons. The molecule has 0 atom stereocenters. The molecule has 2 heterocycles. The van der Waals surface area contributed by atoms with Crippen LogP contribution >= 0.6 is 0 Å². The monoisotopic (exact) mass is 332 g/mol. The lowest BCUT2D eigenvalue weighted by atomic mass is 10.1. The molecule has 0 saturated carbocycles. The van der Waals surface area contributed by atoms with E-state index in [-0.39, 0.29) is 11.3 Å². The van der Waals surface area contributed by atoms with Gasteiger partial charge in [-0.05, 0) is 35.9 Å². The zero-order chi connectivity index (χ0) is 17.2. The Bertz CT molecular complexity index is 821. The number of allylic oxidation sites excluding steroid dienone is 1. The summed E-state index contributed by atoms with van der Waals surface area (Å²) in [6.07, 6.45) is -2.21. The van der Waals surface area contributed by atoms with E-state index < -0.39 is 11.7 Å². The number of halogens is 3. The van der Waals surface area contributed by atoms with Crippen LogP contribution in [-0.2, 0) is 6.18 Å². The molecule has 3 rings (SSSR count). The van der Waals surface area contributed by atoms with Crippen molar-refractivity contribution in [3.63, 3.8) is 0 Å². The fourth-order valence-corrected chi connectivity index (χ4v) is 2.20. The highest BCUT2D eigenvalue weighted by molar-refractivity contribution is 5.88. The molecule has 0 spiro atoms. The smallest absolute Gasteiger partial charge is 0.417 e. The number of pyridine rings is 1. The molecule has 24 heavy (non-hydrogen) atoms. The second kappa shape index (κ2) is 6.24. The molecular formula is C17H11F3N2O2. The van der Waals surface area contributed by atoms with Gasteiger partial charge < -0.3 is 9.47 Å². The van der Waals surface area contributed by atoms with Crippen molar-refractivity contribution in [3.05, 3.63) is 53.3 Å². The normalized spacial score (nSPS) is 14.2. The summed E-state index contributed by atoms with van der Waals surface area (Å²) in [5.41, 5.74) is 0.126. The number of hydrogen-bond donors (Lipinski definition) is 0. The highest BCUT2D eigenvalue weighted by Crippen LogP contribution is 2.32. The van der Waals surface area contributed by atoms with Crippen LogP contribution in [0.4, 0.5) is 13.2 Å². The van der Waals surface area contributed by atoms with Gasteiger partial charge in [0.05, 0.1) is 16.8 Å². The minimum Gasteiger partial charge on any atom is -0.486 e. The third-order valence-corrected chi connectivity index (χ3v) is 3.36. The summed E-state index contributed by atoms with van der Waals surface area (Å²) in [5.74, 6) is 1.18. The number of hydrogen-bond acceptors (Lipinski definition) is 4. The number of alkyl halides is 3. The first-order chi connectivity index (χ1) is 11.5. The molecule has 4 nitrogen and oxygen atoms in total. The summed E-state index contributed by atoms with van der Waals surface area (Å²) in [5, 5.41) is 9.27. The molecule has 0 radical (unpaired) electrons. The minimum absolute atomic E-state index is 0.153. The number of nitriles is 1. The van der Waals surface area contributed by atoms with E-state index in [9.17, 15) is 18.4 Å². The predicted molar refractivity (Wildman–Crippen MR) is 80.2 cm³/mol. The van der Waals surface area contributed by atoms with Crippen LogP contribution in [0.2, 0.25) is 0 Å². The number of benzene rings is 1. The predicted octanol–water partition coefficient (Wildman–Crippen LogP) is 3.94. The van der Waals surface area contributed by atoms with E-state index in [0.29, 0.717) is 36.5 Å². The van der Waals surface area contributed by atoms with Crippen LogP contribution in [0.25, 0.3) is 11.6 Å². The van der Waals surface area contributed by atoms with Crippen molar-refractivity contribution in [2.24, 2.45) is 0 Å². The fourth-order valence-electron chi connectivity index (χ4n) is 2.20. The molecule has 1 aliphatic heterocycles. The molecular weight excluding hydrogens is 321 g/mol. The maximum absolute atomic E-state index is 12.6. The molecule has 0 amide bonds. The van der Waals surface area contributed by atoms with Crippen molar-refractivity contribution in [2.45, 2.75) is 6.18 Å². The Morgan fingerprint density at radius 1 is 1.12 bits per heavy atom. The van der Waals surface area contributed by atoms with Gasteiger partial charge in [0.2, 0.25) is 0 Å². The average Bonchev–Trinajstić information content (AvgIpc) is 2.59. The van der Waals surface area contributed by atoms with E-state index in [1.807, 2.05) is 6.07 Å². The molecule has 0 N–H and O–H groups in total. The topological polar surface area (TPSA) is 55.1 Å². The summed E-state index contributed by atoms with van der Waals surface area (Å²) >= 11 is 0. The molecule has 1 aliphatic rings. The second-order valence-corrected chi connectivity index (χ2v) is 5.00. The van der Waals surface area contributed by atoms with Gasteiger partial charge >= 0.3 is 6.18 Å². The lowest BCUT2D eigenvalue weighted by molar-refractivity contribution is -0.137. The number of rotatable bonds is 2. The first kappa shape index (κ1) is 15.9. The highest BCUT2D eigenvalue weighted by atomic mass is 19.4.